The van der Waals surface area contributed by atoms with Crippen LogP contribution in [-0.4, -0.2) is 29.0 Å². The second-order valence-corrected chi connectivity index (χ2v) is 11.0. The number of nitriles is 1. The van der Waals surface area contributed by atoms with E-state index in [0.29, 0.717) is 40.1 Å². The molecule has 1 aromatic carbocycles. The fraction of sp³-hybridized carbons (Fsp3) is 0.538. The second-order valence-electron chi connectivity index (χ2n) is 10.6. The molecule has 3 unspecified atom stereocenters. The van der Waals surface area contributed by atoms with Gasteiger partial charge in [0, 0.05) is 18.1 Å². The standard InChI is InChI=1S/C26H31ClN6O2/c1-15-17-4-16-5-18(15)9-26(7-16,8-17)14-32-24-20(10-28)12-31-25(33-24)30-11-19-6-21(2-3-22(19)27)35-13-23(29)34/h2-3,6,12,15-18H,4-5,7-9,11,13-14H2,1H3,(H2,29,34)(H2,30,31,32,33)/t15?,16?,17-,18+,26?. The van der Waals surface area contributed by atoms with Gasteiger partial charge in [-0.15, -0.1) is 0 Å². The summed E-state index contributed by atoms with van der Waals surface area (Å²) >= 11 is 6.33. The fourth-order valence-electron chi connectivity index (χ4n) is 6.72. The second kappa shape index (κ2) is 9.54. The minimum Gasteiger partial charge on any atom is -0.484 e. The first-order valence-electron chi connectivity index (χ1n) is 12.3. The number of hydrogen-bond acceptors (Lipinski definition) is 7. The first kappa shape index (κ1) is 23.7. The predicted octanol–water partition coefficient (Wildman–Crippen LogP) is 4.35. The molecule has 4 N–H and O–H groups in total. The minimum absolute atomic E-state index is 0.203. The molecule has 35 heavy (non-hydrogen) atoms. The Morgan fingerprint density at radius 2 is 2.06 bits per heavy atom. The number of carbonyl (C=O) groups excluding carboxylic acids is 1. The molecule has 9 heteroatoms. The lowest BCUT2D eigenvalue weighted by molar-refractivity contribution is -0.119. The summed E-state index contributed by atoms with van der Waals surface area (Å²) in [5.74, 6) is 4.31. The first-order chi connectivity index (χ1) is 16.8. The van der Waals surface area contributed by atoms with Gasteiger partial charge in [0.05, 0.1) is 6.20 Å². The molecule has 1 amide bonds. The van der Waals surface area contributed by atoms with Crippen LogP contribution in [0, 0.1) is 40.4 Å². The average molecular weight is 495 g/mol. The summed E-state index contributed by atoms with van der Waals surface area (Å²) in [6, 6.07) is 7.34. The molecule has 5 atom stereocenters. The number of hydrogen-bond donors (Lipinski definition) is 3. The Morgan fingerprint density at radius 1 is 1.29 bits per heavy atom. The summed E-state index contributed by atoms with van der Waals surface area (Å²) in [7, 11) is 0. The van der Waals surface area contributed by atoms with Gasteiger partial charge >= 0.3 is 0 Å². The number of nitrogens with two attached hydrogens (primary N) is 1. The van der Waals surface area contributed by atoms with E-state index in [4.69, 9.17) is 22.1 Å². The zero-order chi connectivity index (χ0) is 24.6. The van der Waals surface area contributed by atoms with Crippen molar-refractivity contribution in [2.24, 2.45) is 34.8 Å². The van der Waals surface area contributed by atoms with Crippen LogP contribution in [0.25, 0.3) is 0 Å². The third kappa shape index (κ3) is 5.01. The normalized spacial score (nSPS) is 28.4. The number of primary amides is 1. The van der Waals surface area contributed by atoms with Crippen LogP contribution in [0.4, 0.5) is 11.8 Å². The van der Waals surface area contributed by atoms with Gasteiger partial charge < -0.3 is 21.1 Å². The Bertz CT molecular complexity index is 1150. The maximum atomic E-state index is 11.0. The number of carbonyl (C=O) groups is 1. The van der Waals surface area contributed by atoms with Crippen LogP contribution in [0.15, 0.2) is 24.4 Å². The highest BCUT2D eigenvalue weighted by Crippen LogP contribution is 2.62. The Morgan fingerprint density at radius 3 is 2.77 bits per heavy atom. The Hall–Kier alpha value is -3.05. The molecule has 4 saturated carbocycles. The Balaban J connectivity index is 1.26. The van der Waals surface area contributed by atoms with Gasteiger partial charge in [-0.25, -0.2) is 4.98 Å². The van der Waals surface area contributed by atoms with Crippen molar-refractivity contribution in [1.82, 2.24) is 9.97 Å². The topological polar surface area (TPSA) is 126 Å². The summed E-state index contributed by atoms with van der Waals surface area (Å²) < 4.78 is 5.37. The average Bonchev–Trinajstić information content (AvgIpc) is 2.84. The van der Waals surface area contributed by atoms with E-state index in [9.17, 15) is 10.1 Å². The van der Waals surface area contributed by atoms with Crippen molar-refractivity contribution in [3.05, 3.63) is 40.5 Å². The van der Waals surface area contributed by atoms with Gasteiger partial charge in [-0.1, -0.05) is 18.5 Å². The number of nitrogens with zero attached hydrogens (tertiary/aromatic N) is 3. The van der Waals surface area contributed by atoms with E-state index >= 15 is 0 Å². The lowest BCUT2D eigenvalue weighted by atomic mass is 9.46. The molecular formula is C26H31ClN6O2. The fourth-order valence-corrected chi connectivity index (χ4v) is 6.91. The molecule has 1 aromatic heterocycles. The van der Waals surface area contributed by atoms with Gasteiger partial charge in [0.25, 0.3) is 5.91 Å². The number of benzene rings is 1. The first-order valence-corrected chi connectivity index (χ1v) is 12.7. The van der Waals surface area contributed by atoms with Crippen LogP contribution >= 0.6 is 11.6 Å². The van der Waals surface area contributed by atoms with Gasteiger partial charge in [0.2, 0.25) is 5.95 Å². The predicted molar refractivity (Wildman–Crippen MR) is 134 cm³/mol. The SMILES string of the molecule is CC1[C@@H]2CC3C[C@H]1CC(CNc1nc(NCc4cc(OCC(N)=O)ccc4Cl)ncc1C#N)(C3)C2. The largest absolute Gasteiger partial charge is 0.484 e. The van der Waals surface area contributed by atoms with E-state index in [1.54, 1.807) is 24.4 Å². The van der Waals surface area contributed by atoms with Crippen molar-refractivity contribution in [1.29, 1.82) is 5.26 Å². The van der Waals surface area contributed by atoms with Crippen LogP contribution in [0.5, 0.6) is 5.75 Å². The van der Waals surface area contributed by atoms with Gasteiger partial charge in [0.1, 0.15) is 23.2 Å². The number of ether oxygens (including phenoxy) is 1. The summed E-state index contributed by atoms with van der Waals surface area (Å²) in [5, 5.41) is 16.9. The Kier molecular flexibility index (Phi) is 6.45. The molecule has 2 aromatic rings. The summed E-state index contributed by atoms with van der Waals surface area (Å²) in [5.41, 5.74) is 6.66. The maximum Gasteiger partial charge on any atom is 0.255 e. The van der Waals surface area contributed by atoms with Crippen molar-refractivity contribution in [2.75, 3.05) is 23.8 Å². The lowest BCUT2D eigenvalue weighted by Crippen LogP contribution is -2.52. The van der Waals surface area contributed by atoms with E-state index in [1.807, 2.05) is 0 Å². The Labute approximate surface area is 210 Å². The molecule has 0 saturated heterocycles. The van der Waals surface area contributed by atoms with Crippen LogP contribution in [0.1, 0.15) is 50.2 Å². The minimum atomic E-state index is -0.548. The molecule has 6 rings (SSSR count). The number of amides is 1. The zero-order valence-electron chi connectivity index (χ0n) is 19.9. The van der Waals surface area contributed by atoms with Gasteiger partial charge in [-0.05, 0) is 85.0 Å². The van der Waals surface area contributed by atoms with Crippen molar-refractivity contribution in [3.8, 4) is 11.8 Å². The van der Waals surface area contributed by atoms with E-state index in [1.165, 1.54) is 32.1 Å². The third-order valence-corrected chi connectivity index (χ3v) is 8.62. The van der Waals surface area contributed by atoms with Crippen molar-refractivity contribution >= 4 is 29.3 Å². The summed E-state index contributed by atoms with van der Waals surface area (Å²) in [6.45, 7) is 3.44. The molecule has 1 heterocycles. The van der Waals surface area contributed by atoms with Gasteiger partial charge in [-0.3, -0.25) is 4.79 Å². The molecular weight excluding hydrogens is 464 g/mol. The molecule has 184 valence electrons. The quantitative estimate of drug-likeness (QED) is 0.473. The molecule has 4 aliphatic rings. The highest BCUT2D eigenvalue weighted by atomic mass is 35.5. The number of aromatic nitrogens is 2. The van der Waals surface area contributed by atoms with Crippen molar-refractivity contribution in [3.63, 3.8) is 0 Å². The smallest absolute Gasteiger partial charge is 0.255 e. The van der Waals surface area contributed by atoms with E-state index in [0.717, 1.165) is 35.8 Å². The highest BCUT2D eigenvalue weighted by Gasteiger charge is 2.53. The van der Waals surface area contributed by atoms with Crippen molar-refractivity contribution < 1.29 is 9.53 Å². The molecule has 0 aliphatic heterocycles. The number of anilines is 2. The molecule has 0 radical (unpaired) electrons. The van der Waals surface area contributed by atoms with Crippen LogP contribution < -0.4 is 21.1 Å². The van der Waals surface area contributed by atoms with Gasteiger partial charge in [-0.2, -0.15) is 10.2 Å². The van der Waals surface area contributed by atoms with Crippen LogP contribution in [0.3, 0.4) is 0 Å². The van der Waals surface area contributed by atoms with E-state index in [2.05, 4.69) is 33.6 Å². The number of rotatable bonds is 9. The van der Waals surface area contributed by atoms with Crippen LogP contribution in [-0.2, 0) is 11.3 Å². The number of halogens is 1. The van der Waals surface area contributed by atoms with Crippen molar-refractivity contribution in [2.45, 2.75) is 45.6 Å². The molecule has 4 aliphatic carbocycles. The molecule has 8 nitrogen and oxygen atoms in total. The molecule has 4 fully saturated rings. The monoisotopic (exact) mass is 494 g/mol. The third-order valence-electron chi connectivity index (χ3n) is 8.25. The number of nitrogens with one attached hydrogen (secondary N) is 2. The lowest BCUT2D eigenvalue weighted by Gasteiger charge is -2.59. The van der Waals surface area contributed by atoms with E-state index < -0.39 is 5.91 Å². The van der Waals surface area contributed by atoms with E-state index in [-0.39, 0.29) is 6.61 Å². The summed E-state index contributed by atoms with van der Waals surface area (Å²) in [4.78, 5) is 19.9. The summed E-state index contributed by atoms with van der Waals surface area (Å²) in [6.07, 6.45) is 8.17. The molecule has 4 bridgehead atoms. The molecule has 0 spiro atoms. The zero-order valence-corrected chi connectivity index (χ0v) is 20.6. The maximum absolute atomic E-state index is 11.0. The highest BCUT2D eigenvalue weighted by molar-refractivity contribution is 6.31. The van der Waals surface area contributed by atoms with Gasteiger partial charge in [0.15, 0.2) is 6.61 Å². The van der Waals surface area contributed by atoms with Crippen LogP contribution in [0.2, 0.25) is 5.02 Å².